The molecule has 24 heavy (non-hydrogen) atoms. The van der Waals surface area contributed by atoms with Crippen LogP contribution in [0.1, 0.15) is 56.7 Å². The second-order valence-electron chi connectivity index (χ2n) is 6.71. The molecule has 0 spiro atoms. The number of nitrogens with one attached hydrogen (secondary N) is 1. The van der Waals surface area contributed by atoms with E-state index >= 15 is 0 Å². The van der Waals surface area contributed by atoms with Crippen LogP contribution in [0.3, 0.4) is 0 Å². The Morgan fingerprint density at radius 2 is 1.88 bits per heavy atom. The van der Waals surface area contributed by atoms with Gasteiger partial charge in [0, 0.05) is 24.6 Å². The minimum Gasteiger partial charge on any atom is -0.307 e. The molecule has 1 aliphatic heterocycles. The van der Waals surface area contributed by atoms with E-state index in [1.807, 2.05) is 6.20 Å². The fourth-order valence-electron chi connectivity index (χ4n) is 4.05. The molecular formula is C18H24N6. The van der Waals surface area contributed by atoms with Gasteiger partial charge in [-0.15, -0.1) is 0 Å². The molecule has 1 saturated carbocycles. The van der Waals surface area contributed by atoms with Gasteiger partial charge in [0.2, 0.25) is 5.95 Å². The van der Waals surface area contributed by atoms with E-state index in [9.17, 15) is 0 Å². The molecule has 126 valence electrons. The summed E-state index contributed by atoms with van der Waals surface area (Å²) in [5.74, 6) is 1.27. The first kappa shape index (κ1) is 15.4. The number of aromatic nitrogens is 4. The van der Waals surface area contributed by atoms with Crippen LogP contribution < -0.4 is 5.32 Å². The summed E-state index contributed by atoms with van der Waals surface area (Å²) in [5.41, 5.74) is 1.12. The van der Waals surface area contributed by atoms with Crippen LogP contribution >= 0.6 is 0 Å². The highest BCUT2D eigenvalue weighted by Crippen LogP contribution is 2.37. The molecule has 4 rings (SSSR count). The van der Waals surface area contributed by atoms with Gasteiger partial charge < -0.3 is 5.32 Å². The van der Waals surface area contributed by atoms with Crippen LogP contribution in [0.5, 0.6) is 0 Å². The zero-order valence-corrected chi connectivity index (χ0v) is 13.9. The third kappa shape index (κ3) is 3.38. The van der Waals surface area contributed by atoms with E-state index in [-0.39, 0.29) is 0 Å². The van der Waals surface area contributed by atoms with Gasteiger partial charge in [0.25, 0.3) is 0 Å². The van der Waals surface area contributed by atoms with Crippen molar-refractivity contribution in [2.45, 2.75) is 57.0 Å². The van der Waals surface area contributed by atoms with Crippen molar-refractivity contribution in [1.82, 2.24) is 24.8 Å². The minimum absolute atomic E-state index is 0.429. The third-order valence-electron chi connectivity index (χ3n) is 5.16. The first-order valence-electron chi connectivity index (χ1n) is 9.02. The lowest BCUT2D eigenvalue weighted by atomic mass is 9.93. The topological polar surface area (TPSA) is 66.8 Å². The molecule has 3 heterocycles. The van der Waals surface area contributed by atoms with Crippen LogP contribution in [0.2, 0.25) is 0 Å². The summed E-state index contributed by atoms with van der Waals surface area (Å²) in [6.45, 7) is 1.20. The second kappa shape index (κ2) is 7.21. The number of hydrogen-bond donors (Lipinski definition) is 1. The van der Waals surface area contributed by atoms with Crippen LogP contribution in [0.25, 0.3) is 0 Å². The molecule has 1 saturated heterocycles. The molecule has 1 N–H and O–H groups in total. The molecular weight excluding hydrogens is 300 g/mol. The van der Waals surface area contributed by atoms with Crippen LogP contribution in [0.15, 0.2) is 30.9 Å². The molecule has 0 radical (unpaired) electrons. The maximum atomic E-state index is 4.76. The molecule has 2 fully saturated rings. The SMILES string of the molecule is c1cnc(Nc2nccc([C@H]3CCCN3C3CCCCC3)n2)cn1. The Kier molecular flexibility index (Phi) is 4.64. The fourth-order valence-corrected chi connectivity index (χ4v) is 4.05. The van der Waals surface area contributed by atoms with E-state index in [1.165, 1.54) is 51.5 Å². The first-order valence-corrected chi connectivity index (χ1v) is 9.02. The average molecular weight is 324 g/mol. The second-order valence-corrected chi connectivity index (χ2v) is 6.71. The van der Waals surface area contributed by atoms with Gasteiger partial charge in [-0.2, -0.15) is 0 Å². The smallest absolute Gasteiger partial charge is 0.228 e. The zero-order valence-electron chi connectivity index (χ0n) is 13.9. The maximum absolute atomic E-state index is 4.76. The van der Waals surface area contributed by atoms with E-state index in [1.54, 1.807) is 18.6 Å². The summed E-state index contributed by atoms with van der Waals surface area (Å²) in [6.07, 6.45) is 16.1. The van der Waals surface area contributed by atoms with Crippen molar-refractivity contribution in [3.63, 3.8) is 0 Å². The minimum atomic E-state index is 0.429. The van der Waals surface area contributed by atoms with Crippen LogP contribution in [0, 0.1) is 0 Å². The molecule has 0 bridgehead atoms. The molecule has 0 unspecified atom stereocenters. The van der Waals surface area contributed by atoms with Crippen molar-refractivity contribution in [3.8, 4) is 0 Å². The standard InChI is InChI=1S/C18H24N6/c1-2-5-14(6-3-1)24-12-4-7-16(24)15-8-9-21-18(22-15)23-17-13-19-10-11-20-17/h8-11,13-14,16H,1-7,12H2,(H,20,21,22,23)/t16-/m1/s1. The summed E-state index contributed by atoms with van der Waals surface area (Å²) in [7, 11) is 0. The highest BCUT2D eigenvalue weighted by atomic mass is 15.2. The summed E-state index contributed by atoms with van der Waals surface area (Å²) < 4.78 is 0. The van der Waals surface area contributed by atoms with Gasteiger partial charge in [-0.25, -0.2) is 15.0 Å². The van der Waals surface area contributed by atoms with Crippen molar-refractivity contribution < 1.29 is 0 Å². The van der Waals surface area contributed by atoms with Gasteiger partial charge in [0.05, 0.1) is 17.9 Å². The summed E-state index contributed by atoms with van der Waals surface area (Å²) in [5, 5.41) is 3.15. The van der Waals surface area contributed by atoms with E-state index in [4.69, 9.17) is 4.98 Å². The fraction of sp³-hybridized carbons (Fsp3) is 0.556. The van der Waals surface area contributed by atoms with Gasteiger partial charge in [-0.3, -0.25) is 9.88 Å². The highest BCUT2D eigenvalue weighted by molar-refractivity contribution is 5.45. The Bertz CT molecular complexity index is 656. The molecule has 1 atom stereocenters. The van der Waals surface area contributed by atoms with Crippen molar-refractivity contribution >= 4 is 11.8 Å². The number of hydrogen-bond acceptors (Lipinski definition) is 6. The van der Waals surface area contributed by atoms with Gasteiger partial charge in [0.15, 0.2) is 5.82 Å². The van der Waals surface area contributed by atoms with E-state index in [0.29, 0.717) is 17.8 Å². The molecule has 0 aromatic carbocycles. The van der Waals surface area contributed by atoms with E-state index in [0.717, 1.165) is 11.7 Å². The van der Waals surface area contributed by atoms with Gasteiger partial charge in [-0.05, 0) is 38.3 Å². The normalized spacial score (nSPS) is 22.6. The van der Waals surface area contributed by atoms with Crippen molar-refractivity contribution in [3.05, 3.63) is 36.5 Å². The van der Waals surface area contributed by atoms with Crippen LogP contribution in [-0.2, 0) is 0 Å². The molecule has 2 aromatic rings. The predicted molar refractivity (Wildman–Crippen MR) is 92.9 cm³/mol. The number of likely N-dealkylation sites (tertiary alicyclic amines) is 1. The van der Waals surface area contributed by atoms with Gasteiger partial charge >= 0.3 is 0 Å². The quantitative estimate of drug-likeness (QED) is 0.929. The average Bonchev–Trinajstić information content (AvgIpc) is 3.13. The zero-order chi connectivity index (χ0) is 16.2. The Morgan fingerprint density at radius 3 is 2.71 bits per heavy atom. The maximum Gasteiger partial charge on any atom is 0.228 e. The first-order chi connectivity index (χ1) is 11.9. The largest absolute Gasteiger partial charge is 0.307 e. The van der Waals surface area contributed by atoms with Crippen LogP contribution in [0.4, 0.5) is 11.8 Å². The highest BCUT2D eigenvalue weighted by Gasteiger charge is 2.33. The van der Waals surface area contributed by atoms with Gasteiger partial charge in [-0.1, -0.05) is 19.3 Å². The molecule has 1 aliphatic carbocycles. The monoisotopic (exact) mass is 324 g/mol. The number of anilines is 2. The Morgan fingerprint density at radius 1 is 0.958 bits per heavy atom. The predicted octanol–water partition coefficient (Wildman–Crippen LogP) is 3.48. The van der Waals surface area contributed by atoms with Crippen molar-refractivity contribution in [2.24, 2.45) is 0 Å². The Labute approximate surface area is 142 Å². The lowest BCUT2D eigenvalue weighted by molar-refractivity contribution is 0.140. The van der Waals surface area contributed by atoms with E-state index < -0.39 is 0 Å². The molecule has 2 aromatic heterocycles. The lowest BCUT2D eigenvalue weighted by Gasteiger charge is -2.35. The van der Waals surface area contributed by atoms with Crippen molar-refractivity contribution in [1.29, 1.82) is 0 Å². The summed E-state index contributed by atoms with van der Waals surface area (Å²) in [6, 6.07) is 3.23. The van der Waals surface area contributed by atoms with Crippen molar-refractivity contribution in [2.75, 3.05) is 11.9 Å². The number of rotatable bonds is 4. The Balaban J connectivity index is 1.51. The molecule has 6 heteroatoms. The molecule has 6 nitrogen and oxygen atoms in total. The number of nitrogens with zero attached hydrogens (tertiary/aromatic N) is 5. The van der Waals surface area contributed by atoms with E-state index in [2.05, 4.69) is 31.2 Å². The summed E-state index contributed by atoms with van der Waals surface area (Å²) >= 11 is 0. The third-order valence-corrected chi connectivity index (χ3v) is 5.16. The lowest BCUT2D eigenvalue weighted by Crippen LogP contribution is -2.36. The van der Waals surface area contributed by atoms with Crippen LogP contribution in [-0.4, -0.2) is 37.4 Å². The van der Waals surface area contributed by atoms with Gasteiger partial charge in [0.1, 0.15) is 0 Å². The Hall–Kier alpha value is -2.08. The molecule has 2 aliphatic rings. The summed E-state index contributed by atoms with van der Waals surface area (Å²) in [4.78, 5) is 20.1. The molecule has 0 amide bonds.